The van der Waals surface area contributed by atoms with Crippen molar-refractivity contribution in [2.45, 2.75) is 0 Å². The van der Waals surface area contributed by atoms with Crippen LogP contribution < -0.4 is 29.6 Å². The minimum absolute atomic E-state index is 0.650. The molecule has 0 fully saturated rings. The highest BCUT2D eigenvalue weighted by atomic mass is 16.5. The molecule has 0 unspecified atom stereocenters. The van der Waals surface area contributed by atoms with E-state index >= 15 is 0 Å². The number of ether oxygens (including phenoxy) is 4. The van der Waals surface area contributed by atoms with Crippen LogP contribution in [0.25, 0.3) is 22.3 Å². The molecule has 6 aromatic rings. The first-order valence-electron chi connectivity index (χ1n) is 18.6. The zero-order chi connectivity index (χ0) is 39.3. The number of aromatic nitrogens is 2. The van der Waals surface area contributed by atoms with Crippen molar-refractivity contribution in [3.8, 4) is 23.0 Å². The van der Waals surface area contributed by atoms with Gasteiger partial charge in [-0.15, -0.1) is 0 Å². The fourth-order valence-corrected chi connectivity index (χ4v) is 7.12. The van der Waals surface area contributed by atoms with Crippen LogP contribution in [0.15, 0.2) is 168 Å². The number of benzene rings is 4. The van der Waals surface area contributed by atoms with E-state index in [0.717, 1.165) is 107 Å². The van der Waals surface area contributed by atoms with Gasteiger partial charge in [-0.05, 0) is 119 Å². The molecule has 0 amide bonds. The van der Waals surface area contributed by atoms with Gasteiger partial charge in [0.1, 0.15) is 23.0 Å². The van der Waals surface area contributed by atoms with E-state index in [2.05, 4.69) is 102 Å². The predicted molar refractivity (Wildman–Crippen MR) is 230 cm³/mol. The van der Waals surface area contributed by atoms with Gasteiger partial charge in [-0.1, -0.05) is 61.2 Å². The first-order chi connectivity index (χ1) is 28.0. The number of aliphatic imine (C=N–C) groups is 2. The van der Waals surface area contributed by atoms with Crippen molar-refractivity contribution in [1.82, 2.24) is 9.97 Å². The summed E-state index contributed by atoms with van der Waals surface area (Å²) in [5.74, 6) is 3.14. The maximum absolute atomic E-state index is 5.53. The van der Waals surface area contributed by atoms with Gasteiger partial charge in [-0.2, -0.15) is 0 Å². The van der Waals surface area contributed by atoms with E-state index in [-0.39, 0.29) is 0 Å². The third-order valence-electron chi connectivity index (χ3n) is 10.1. The molecule has 2 aromatic heterocycles. The summed E-state index contributed by atoms with van der Waals surface area (Å²) in [6.07, 6.45) is 8.31. The molecule has 0 atom stereocenters. The average Bonchev–Trinajstić information content (AvgIpc) is 4.12. The largest absolute Gasteiger partial charge is 0.497 e. The van der Waals surface area contributed by atoms with Gasteiger partial charge in [0.15, 0.2) is 0 Å². The second-order valence-electron chi connectivity index (χ2n) is 13.4. The summed E-state index contributed by atoms with van der Waals surface area (Å²) in [7, 11) is 6.68. The Balaban J connectivity index is 1.30. The number of hydrogen-bond acceptors (Lipinski definition) is 6. The summed E-state index contributed by atoms with van der Waals surface area (Å²) in [6.45, 7) is 5.07. The van der Waals surface area contributed by atoms with Gasteiger partial charge in [0.05, 0.1) is 52.1 Å². The van der Waals surface area contributed by atoms with Gasteiger partial charge in [-0.25, -0.2) is 4.99 Å². The molecule has 8 nitrogen and oxygen atoms in total. The molecule has 2 N–H and O–H groups in total. The van der Waals surface area contributed by atoms with Gasteiger partial charge >= 0.3 is 0 Å². The third-order valence-corrected chi connectivity index (χ3v) is 10.1. The van der Waals surface area contributed by atoms with Crippen molar-refractivity contribution in [3.63, 3.8) is 0 Å². The molecule has 0 aliphatic carbocycles. The fourth-order valence-electron chi connectivity index (χ4n) is 7.12. The first kappa shape index (κ1) is 36.6. The summed E-state index contributed by atoms with van der Waals surface area (Å²) < 4.78 is 21.9. The standard InChI is InChI=1S/C49H42N4O4/c1-31(32-8-16-36(54-2)17-9-32)40-24-25-43(51-40)48(34-12-20-38(56-4)21-13-34)44-28-29-46(53-44)49(35-14-22-39(57-5)23-15-35)45-27-26-42(52-45)47(41-7-6-30-50-41)33-10-18-37(55-3)19-11-33/h6-29,51-52H,1,30H2,2-5H3/b47-42-,48-44-,49-45-. The predicted octanol–water partition coefficient (Wildman–Crippen LogP) is 8.32. The van der Waals surface area contributed by atoms with E-state index < -0.39 is 0 Å². The second kappa shape index (κ2) is 16.2. The molecule has 0 spiro atoms. The minimum Gasteiger partial charge on any atom is -0.497 e. The minimum atomic E-state index is 0.650. The van der Waals surface area contributed by atoms with Crippen molar-refractivity contribution in [3.05, 3.63) is 202 Å². The van der Waals surface area contributed by atoms with Crippen LogP contribution in [0.3, 0.4) is 0 Å². The van der Waals surface area contributed by atoms with Crippen LogP contribution in [0, 0.1) is 0 Å². The molecule has 0 bridgehead atoms. The lowest BCUT2D eigenvalue weighted by atomic mass is 10.0. The molecule has 4 heterocycles. The van der Waals surface area contributed by atoms with Crippen LogP contribution in [0.5, 0.6) is 23.0 Å². The lowest BCUT2D eigenvalue weighted by Crippen LogP contribution is -2.21. The zero-order valence-corrected chi connectivity index (χ0v) is 32.3. The Kier molecular flexibility index (Phi) is 10.4. The van der Waals surface area contributed by atoms with Crippen LogP contribution in [-0.4, -0.2) is 56.4 Å². The number of allylic oxidation sites excluding steroid dienone is 3. The monoisotopic (exact) mass is 750 g/mol. The molecule has 2 aliphatic rings. The number of nitrogens with one attached hydrogen (secondary N) is 2. The van der Waals surface area contributed by atoms with Crippen molar-refractivity contribution in [1.29, 1.82) is 0 Å². The highest BCUT2D eigenvalue weighted by Gasteiger charge is 2.21. The Bertz CT molecular complexity index is 2720. The molecule has 4 aromatic carbocycles. The molecule has 57 heavy (non-hydrogen) atoms. The normalized spacial score (nSPS) is 15.2. The van der Waals surface area contributed by atoms with Crippen molar-refractivity contribution < 1.29 is 18.9 Å². The fraction of sp³-hybridized carbons (Fsp3) is 0.102. The van der Waals surface area contributed by atoms with Gasteiger partial charge in [0.2, 0.25) is 0 Å². The second-order valence-corrected chi connectivity index (χ2v) is 13.4. The van der Waals surface area contributed by atoms with Gasteiger partial charge in [-0.3, -0.25) is 4.99 Å². The molecule has 8 heteroatoms. The van der Waals surface area contributed by atoms with Crippen molar-refractivity contribution >= 4 is 33.7 Å². The number of hydrogen-bond donors (Lipinski definition) is 2. The van der Waals surface area contributed by atoms with Crippen LogP contribution in [0.4, 0.5) is 0 Å². The smallest absolute Gasteiger partial charge is 0.118 e. The quantitative estimate of drug-likeness (QED) is 0.132. The van der Waals surface area contributed by atoms with Crippen LogP contribution >= 0.6 is 0 Å². The lowest BCUT2D eigenvalue weighted by molar-refractivity contribution is 0.414. The molecular weight excluding hydrogens is 709 g/mol. The van der Waals surface area contributed by atoms with Crippen LogP contribution in [0.1, 0.15) is 33.6 Å². The Hall–Kier alpha value is -7.32. The molecule has 0 radical (unpaired) electrons. The summed E-state index contributed by atoms with van der Waals surface area (Å²) in [6, 6.07) is 40.5. The zero-order valence-electron chi connectivity index (χ0n) is 32.3. The number of H-pyrrole nitrogens is 2. The maximum Gasteiger partial charge on any atom is 0.118 e. The third kappa shape index (κ3) is 7.53. The summed E-state index contributed by atoms with van der Waals surface area (Å²) in [4.78, 5) is 17.6. The molecule has 0 saturated carbocycles. The Labute approximate surface area is 331 Å². The molecule has 2 aliphatic heterocycles. The van der Waals surface area contributed by atoms with E-state index in [1.54, 1.807) is 28.4 Å². The average molecular weight is 751 g/mol. The topological polar surface area (TPSA) is 93.2 Å². The maximum atomic E-state index is 5.53. The van der Waals surface area contributed by atoms with Crippen molar-refractivity contribution in [2.75, 3.05) is 35.0 Å². The summed E-state index contributed by atoms with van der Waals surface area (Å²) >= 11 is 0. The highest BCUT2D eigenvalue weighted by molar-refractivity contribution is 6.31. The van der Waals surface area contributed by atoms with E-state index in [4.69, 9.17) is 28.9 Å². The van der Waals surface area contributed by atoms with Crippen molar-refractivity contribution in [2.24, 2.45) is 9.98 Å². The Morgan fingerprint density at radius 3 is 1.40 bits per heavy atom. The van der Waals surface area contributed by atoms with E-state index in [9.17, 15) is 0 Å². The van der Waals surface area contributed by atoms with Gasteiger partial charge < -0.3 is 28.9 Å². The number of rotatable bonds is 12. The molecule has 282 valence electrons. The number of nitrogens with zero attached hydrogens (tertiary/aromatic N) is 2. The highest BCUT2D eigenvalue weighted by Crippen LogP contribution is 2.34. The summed E-state index contributed by atoms with van der Waals surface area (Å²) in [5.41, 5.74) is 12.1. The lowest BCUT2D eigenvalue weighted by Gasteiger charge is -2.11. The SMILES string of the molecule is C=C(c1ccc(OC)cc1)c1ccc(/C(=C2/C=CC(C(/c3ccc(OC)cc3)=c3/cc/c(=C(/C4=NCC=C4)c4ccc(OC)cc4)[nH]3)=N2)c2ccc(OC)cc2)[nH]1. The Morgan fingerprint density at radius 2 is 0.930 bits per heavy atom. The van der Waals surface area contributed by atoms with E-state index in [0.29, 0.717) is 6.54 Å². The van der Waals surface area contributed by atoms with E-state index in [1.807, 2.05) is 60.7 Å². The van der Waals surface area contributed by atoms with E-state index in [1.165, 1.54) is 0 Å². The van der Waals surface area contributed by atoms with Gasteiger partial charge in [0.25, 0.3) is 0 Å². The first-order valence-corrected chi connectivity index (χ1v) is 18.6. The summed E-state index contributed by atoms with van der Waals surface area (Å²) in [5, 5.41) is 1.86. The van der Waals surface area contributed by atoms with Crippen LogP contribution in [0.2, 0.25) is 0 Å². The molecular formula is C49H42N4O4. The molecule has 8 rings (SSSR count). The van der Waals surface area contributed by atoms with Crippen LogP contribution in [-0.2, 0) is 0 Å². The Morgan fingerprint density at radius 1 is 0.474 bits per heavy atom. The number of methoxy groups -OCH3 is 4. The van der Waals surface area contributed by atoms with Gasteiger partial charge in [0, 0.05) is 38.8 Å². The molecule has 0 saturated heterocycles. The number of aromatic amines is 2.